The molecule has 2 atom stereocenters. The van der Waals surface area contributed by atoms with Crippen LogP contribution in [-0.2, 0) is 9.47 Å². The first kappa shape index (κ1) is 10.1. The fraction of sp³-hybridized carbons (Fsp3) is 0.889. The lowest BCUT2D eigenvalue weighted by molar-refractivity contribution is 0.0578. The van der Waals surface area contributed by atoms with E-state index in [2.05, 4.69) is 12.6 Å². The Morgan fingerprint density at radius 2 is 2.36 bits per heavy atom. The predicted octanol–water partition coefficient (Wildman–Crippen LogP) is 1.26. The van der Waals surface area contributed by atoms with Crippen LogP contribution in [0.2, 0.25) is 0 Å². The molecule has 0 saturated carbocycles. The number of amides is 1. The molecule has 2 rings (SSSR count). The monoisotopic (exact) mass is 217 g/mol. The molecule has 2 heterocycles. The molecular weight excluding hydrogens is 202 g/mol. The number of thiol groups is 1. The zero-order valence-electron chi connectivity index (χ0n) is 8.02. The number of hydrogen-bond acceptors (Lipinski definition) is 4. The zero-order valence-corrected chi connectivity index (χ0v) is 8.91. The van der Waals surface area contributed by atoms with E-state index in [0.717, 1.165) is 25.8 Å². The van der Waals surface area contributed by atoms with E-state index < -0.39 is 0 Å². The minimum Gasteiger partial charge on any atom is -0.444 e. The molecule has 0 radical (unpaired) electrons. The van der Waals surface area contributed by atoms with Crippen LogP contribution in [0.25, 0.3) is 0 Å². The lowest BCUT2D eigenvalue weighted by Gasteiger charge is -2.21. The second kappa shape index (κ2) is 4.40. The molecule has 0 spiro atoms. The molecule has 5 heteroatoms. The smallest absolute Gasteiger partial charge is 0.411 e. The maximum atomic E-state index is 11.6. The summed E-state index contributed by atoms with van der Waals surface area (Å²) in [5.74, 6) is 0. The fourth-order valence-electron chi connectivity index (χ4n) is 1.78. The summed E-state index contributed by atoms with van der Waals surface area (Å²) < 4.78 is 10.4. The van der Waals surface area contributed by atoms with E-state index in [1.807, 2.05) is 0 Å². The molecule has 2 unspecified atom stereocenters. The van der Waals surface area contributed by atoms with Crippen molar-refractivity contribution in [2.45, 2.75) is 30.7 Å². The molecule has 0 aromatic rings. The van der Waals surface area contributed by atoms with Crippen molar-refractivity contribution in [3.63, 3.8) is 0 Å². The number of hydrogen-bond donors (Lipinski definition) is 1. The second-order valence-electron chi connectivity index (χ2n) is 3.69. The van der Waals surface area contributed by atoms with Crippen molar-refractivity contribution in [3.8, 4) is 0 Å². The van der Waals surface area contributed by atoms with E-state index in [1.54, 1.807) is 4.90 Å². The van der Waals surface area contributed by atoms with E-state index in [1.165, 1.54) is 0 Å². The predicted molar refractivity (Wildman–Crippen MR) is 54.4 cm³/mol. The summed E-state index contributed by atoms with van der Waals surface area (Å²) >= 11 is 4.32. The molecule has 14 heavy (non-hydrogen) atoms. The van der Waals surface area contributed by atoms with Gasteiger partial charge in [-0.3, -0.25) is 4.90 Å². The van der Waals surface area contributed by atoms with Crippen LogP contribution in [0, 0.1) is 0 Å². The number of ether oxygens (including phenoxy) is 2. The summed E-state index contributed by atoms with van der Waals surface area (Å²) in [6.45, 7) is 2.00. The minimum absolute atomic E-state index is 0.0322. The first-order valence-corrected chi connectivity index (χ1v) is 5.52. The largest absolute Gasteiger partial charge is 0.444 e. The van der Waals surface area contributed by atoms with Gasteiger partial charge in [-0.2, -0.15) is 12.6 Å². The fourth-order valence-corrected chi connectivity index (χ4v) is 2.17. The van der Waals surface area contributed by atoms with Gasteiger partial charge in [0.25, 0.3) is 0 Å². The van der Waals surface area contributed by atoms with Crippen molar-refractivity contribution in [2.75, 3.05) is 19.8 Å². The zero-order chi connectivity index (χ0) is 9.97. The van der Waals surface area contributed by atoms with Crippen LogP contribution in [0.15, 0.2) is 0 Å². The average molecular weight is 217 g/mol. The van der Waals surface area contributed by atoms with Gasteiger partial charge in [-0.05, 0) is 12.8 Å². The minimum atomic E-state index is -0.238. The quantitative estimate of drug-likeness (QED) is 0.672. The molecule has 4 nitrogen and oxygen atoms in total. The second-order valence-corrected chi connectivity index (χ2v) is 4.28. The van der Waals surface area contributed by atoms with Gasteiger partial charge in [0.2, 0.25) is 0 Å². The summed E-state index contributed by atoms with van der Waals surface area (Å²) in [6, 6.07) is 0. The third kappa shape index (κ3) is 2.15. The van der Waals surface area contributed by atoms with Crippen molar-refractivity contribution in [1.82, 2.24) is 4.90 Å². The van der Waals surface area contributed by atoms with Crippen molar-refractivity contribution in [2.24, 2.45) is 0 Å². The summed E-state index contributed by atoms with van der Waals surface area (Å²) in [4.78, 5) is 13.3. The van der Waals surface area contributed by atoms with E-state index in [0.29, 0.717) is 13.2 Å². The summed E-state index contributed by atoms with van der Waals surface area (Å²) in [6.07, 6.45) is 2.50. The normalized spacial score (nSPS) is 32.2. The molecule has 0 N–H and O–H groups in total. The molecule has 2 aliphatic rings. The number of rotatable bonds is 1. The maximum Gasteiger partial charge on any atom is 0.411 e. The first-order valence-electron chi connectivity index (χ1n) is 5.00. The standard InChI is InChI=1S/C9H15NO3S/c11-9(10-4-1-2-8(10)14)13-7-3-5-12-6-7/h7-8,14H,1-6H2. The molecular formula is C9H15NO3S. The van der Waals surface area contributed by atoms with Crippen molar-refractivity contribution in [3.05, 3.63) is 0 Å². The van der Waals surface area contributed by atoms with Gasteiger partial charge in [-0.15, -0.1) is 0 Å². The Morgan fingerprint density at radius 3 is 2.93 bits per heavy atom. The van der Waals surface area contributed by atoms with Gasteiger partial charge in [0.05, 0.1) is 18.6 Å². The molecule has 2 aliphatic heterocycles. The Morgan fingerprint density at radius 1 is 1.50 bits per heavy atom. The van der Waals surface area contributed by atoms with Gasteiger partial charge in [0, 0.05) is 13.0 Å². The van der Waals surface area contributed by atoms with E-state index in [-0.39, 0.29) is 17.6 Å². The molecule has 2 saturated heterocycles. The molecule has 2 fully saturated rings. The molecule has 1 amide bonds. The maximum absolute atomic E-state index is 11.6. The van der Waals surface area contributed by atoms with Gasteiger partial charge in [-0.25, -0.2) is 4.79 Å². The first-order chi connectivity index (χ1) is 6.77. The Bertz CT molecular complexity index is 218. The Labute approximate surface area is 89.0 Å². The Balaban J connectivity index is 1.82. The molecule has 0 bridgehead atoms. The van der Waals surface area contributed by atoms with Crippen LogP contribution in [0.5, 0.6) is 0 Å². The topological polar surface area (TPSA) is 38.8 Å². The highest BCUT2D eigenvalue weighted by atomic mass is 32.1. The number of nitrogens with zero attached hydrogens (tertiary/aromatic N) is 1. The summed E-state index contributed by atoms with van der Waals surface area (Å²) in [5.41, 5.74) is 0. The number of carbonyl (C=O) groups excluding carboxylic acids is 1. The van der Waals surface area contributed by atoms with Crippen LogP contribution in [0.4, 0.5) is 4.79 Å². The van der Waals surface area contributed by atoms with Crippen LogP contribution in [0.1, 0.15) is 19.3 Å². The van der Waals surface area contributed by atoms with Gasteiger partial charge in [0.15, 0.2) is 0 Å². The highest BCUT2D eigenvalue weighted by Gasteiger charge is 2.29. The number of carbonyl (C=O) groups is 1. The van der Waals surface area contributed by atoms with Gasteiger partial charge in [0.1, 0.15) is 6.10 Å². The van der Waals surface area contributed by atoms with Crippen LogP contribution in [0.3, 0.4) is 0 Å². The van der Waals surface area contributed by atoms with Crippen molar-refractivity contribution in [1.29, 1.82) is 0 Å². The lowest BCUT2D eigenvalue weighted by atomic mass is 10.3. The van der Waals surface area contributed by atoms with E-state index in [9.17, 15) is 4.79 Å². The molecule has 80 valence electrons. The van der Waals surface area contributed by atoms with Crippen LogP contribution in [-0.4, -0.2) is 42.2 Å². The highest BCUT2D eigenvalue weighted by Crippen LogP contribution is 2.22. The molecule has 0 aromatic heterocycles. The van der Waals surface area contributed by atoms with Gasteiger partial charge < -0.3 is 9.47 Å². The summed E-state index contributed by atoms with van der Waals surface area (Å²) in [7, 11) is 0. The van der Waals surface area contributed by atoms with Gasteiger partial charge in [-0.1, -0.05) is 0 Å². The van der Waals surface area contributed by atoms with Crippen molar-refractivity contribution < 1.29 is 14.3 Å². The Hall–Kier alpha value is -0.420. The van der Waals surface area contributed by atoms with Crippen LogP contribution >= 0.6 is 12.6 Å². The summed E-state index contributed by atoms with van der Waals surface area (Å²) in [5, 5.41) is 0.0322. The van der Waals surface area contributed by atoms with Crippen LogP contribution < -0.4 is 0 Å². The third-order valence-corrected chi connectivity index (χ3v) is 3.15. The lowest BCUT2D eigenvalue weighted by Crippen LogP contribution is -2.35. The Kier molecular flexibility index (Phi) is 3.18. The van der Waals surface area contributed by atoms with Gasteiger partial charge >= 0.3 is 6.09 Å². The van der Waals surface area contributed by atoms with Crippen molar-refractivity contribution >= 4 is 18.7 Å². The third-order valence-electron chi connectivity index (χ3n) is 2.61. The highest BCUT2D eigenvalue weighted by molar-refractivity contribution is 7.80. The van der Waals surface area contributed by atoms with E-state index >= 15 is 0 Å². The van der Waals surface area contributed by atoms with E-state index in [4.69, 9.17) is 9.47 Å². The molecule has 0 aromatic carbocycles. The number of likely N-dealkylation sites (tertiary alicyclic amines) is 1. The molecule has 0 aliphatic carbocycles. The average Bonchev–Trinajstić information content (AvgIpc) is 2.75. The SMILES string of the molecule is O=C(OC1CCOC1)N1CCCC1S.